The number of carbonyl (C=O) groups is 1. The highest BCUT2D eigenvalue weighted by molar-refractivity contribution is 5.93. The Morgan fingerprint density at radius 2 is 2.46 bits per heavy atom. The Morgan fingerprint density at radius 3 is 3.08 bits per heavy atom. The fourth-order valence-corrected chi connectivity index (χ4v) is 0.826. The first kappa shape index (κ1) is 9.38. The number of aromatic nitrogens is 1. The maximum Gasteiger partial charge on any atom is 0.252 e. The van der Waals surface area contributed by atoms with Gasteiger partial charge in [-0.1, -0.05) is 0 Å². The molecule has 0 aromatic carbocycles. The summed E-state index contributed by atoms with van der Waals surface area (Å²) in [7, 11) is 0. The number of carbonyl (C=O) groups excluding carboxylic acids is 2. The molecule has 0 aliphatic carbocycles. The molecule has 0 fully saturated rings. The highest BCUT2D eigenvalue weighted by Gasteiger charge is 2.02. The number of hydrogen-bond donors (Lipinski definition) is 1. The summed E-state index contributed by atoms with van der Waals surface area (Å²) in [5.41, 5.74) is 0.494. The van der Waals surface area contributed by atoms with Crippen LogP contribution >= 0.6 is 0 Å². The van der Waals surface area contributed by atoms with Crippen LogP contribution in [-0.2, 0) is 4.79 Å². The van der Waals surface area contributed by atoms with Crippen LogP contribution in [0.1, 0.15) is 16.8 Å². The van der Waals surface area contributed by atoms with E-state index in [9.17, 15) is 9.59 Å². The van der Waals surface area contributed by atoms with Crippen LogP contribution in [0, 0.1) is 0 Å². The van der Waals surface area contributed by atoms with E-state index in [1.54, 1.807) is 24.6 Å². The van der Waals surface area contributed by atoms with Gasteiger partial charge >= 0.3 is 0 Å². The molecule has 13 heavy (non-hydrogen) atoms. The van der Waals surface area contributed by atoms with Crippen molar-refractivity contribution in [2.24, 2.45) is 0 Å². The Labute approximate surface area is 76.0 Å². The van der Waals surface area contributed by atoms with Gasteiger partial charge in [-0.25, -0.2) is 0 Å². The van der Waals surface area contributed by atoms with Crippen molar-refractivity contribution in [3.8, 4) is 0 Å². The molecule has 4 nitrogen and oxygen atoms in total. The molecule has 1 amide bonds. The van der Waals surface area contributed by atoms with E-state index < -0.39 is 0 Å². The Balaban J connectivity index is 2.45. The van der Waals surface area contributed by atoms with E-state index in [1.807, 2.05) is 0 Å². The third-order valence-corrected chi connectivity index (χ3v) is 1.44. The van der Waals surface area contributed by atoms with Gasteiger partial charge in [0.1, 0.15) is 0 Å². The summed E-state index contributed by atoms with van der Waals surface area (Å²) in [5, 5.41) is 2.56. The van der Waals surface area contributed by atoms with Gasteiger partial charge in [-0.2, -0.15) is 0 Å². The van der Waals surface area contributed by atoms with Crippen molar-refractivity contribution in [1.29, 1.82) is 0 Å². The SMILES string of the molecule is O=[C]CCNC(=O)c1cccnc1. The molecule has 1 aromatic rings. The maximum atomic E-state index is 11.2. The van der Waals surface area contributed by atoms with Crippen LogP contribution in [0.3, 0.4) is 0 Å². The molecule has 4 heteroatoms. The van der Waals surface area contributed by atoms with E-state index in [0.29, 0.717) is 12.1 Å². The number of hydrogen-bond acceptors (Lipinski definition) is 3. The van der Waals surface area contributed by atoms with Gasteiger partial charge in [0, 0.05) is 25.4 Å². The smallest absolute Gasteiger partial charge is 0.252 e. The van der Waals surface area contributed by atoms with Crippen LogP contribution in [0.25, 0.3) is 0 Å². The van der Waals surface area contributed by atoms with Gasteiger partial charge < -0.3 is 5.32 Å². The Kier molecular flexibility index (Phi) is 3.63. The van der Waals surface area contributed by atoms with E-state index >= 15 is 0 Å². The highest BCUT2D eigenvalue weighted by atomic mass is 16.1. The van der Waals surface area contributed by atoms with E-state index in [0.717, 1.165) is 0 Å². The summed E-state index contributed by atoms with van der Waals surface area (Å²) in [6.45, 7) is 0.317. The number of nitrogens with one attached hydrogen (secondary N) is 1. The van der Waals surface area contributed by atoms with Gasteiger partial charge in [-0.3, -0.25) is 14.6 Å². The highest BCUT2D eigenvalue weighted by Crippen LogP contribution is 1.94. The second kappa shape index (κ2) is 5.03. The van der Waals surface area contributed by atoms with Gasteiger partial charge in [0.05, 0.1) is 5.56 Å². The molecular formula is C9H9N2O2. The fourth-order valence-electron chi connectivity index (χ4n) is 0.826. The maximum absolute atomic E-state index is 11.2. The molecule has 67 valence electrons. The van der Waals surface area contributed by atoms with Crippen molar-refractivity contribution in [1.82, 2.24) is 10.3 Å². The number of rotatable bonds is 4. The van der Waals surface area contributed by atoms with Crippen LogP contribution in [0.5, 0.6) is 0 Å². The predicted molar refractivity (Wildman–Crippen MR) is 46.9 cm³/mol. The quantitative estimate of drug-likeness (QED) is 0.673. The number of nitrogens with zero attached hydrogens (tertiary/aromatic N) is 1. The molecule has 0 spiro atoms. The van der Waals surface area contributed by atoms with E-state index in [4.69, 9.17) is 0 Å². The molecule has 0 aliphatic heterocycles. The minimum Gasteiger partial charge on any atom is -0.352 e. The third kappa shape index (κ3) is 3.02. The van der Waals surface area contributed by atoms with Gasteiger partial charge in [-0.15, -0.1) is 0 Å². The molecular weight excluding hydrogens is 168 g/mol. The zero-order valence-corrected chi connectivity index (χ0v) is 6.99. The predicted octanol–water partition coefficient (Wildman–Crippen LogP) is 0.311. The van der Waals surface area contributed by atoms with Crippen molar-refractivity contribution < 1.29 is 9.59 Å². The van der Waals surface area contributed by atoms with Crippen LogP contribution < -0.4 is 5.32 Å². The Morgan fingerprint density at radius 1 is 1.62 bits per heavy atom. The van der Waals surface area contributed by atoms with Crippen LogP contribution in [0.15, 0.2) is 24.5 Å². The van der Waals surface area contributed by atoms with E-state index in [-0.39, 0.29) is 12.3 Å². The summed E-state index contributed by atoms with van der Waals surface area (Å²) in [6.07, 6.45) is 4.97. The van der Waals surface area contributed by atoms with Crippen molar-refractivity contribution in [3.63, 3.8) is 0 Å². The fraction of sp³-hybridized carbons (Fsp3) is 0.222. The Hall–Kier alpha value is -1.71. The van der Waals surface area contributed by atoms with Crippen molar-refractivity contribution >= 4 is 12.2 Å². The lowest BCUT2D eigenvalue weighted by atomic mass is 10.2. The zero-order chi connectivity index (χ0) is 9.52. The molecule has 0 aliphatic rings. The van der Waals surface area contributed by atoms with Crippen LogP contribution in [-0.4, -0.2) is 23.7 Å². The summed E-state index contributed by atoms with van der Waals surface area (Å²) in [6, 6.07) is 3.34. The van der Waals surface area contributed by atoms with Gasteiger partial charge in [0.2, 0.25) is 0 Å². The molecule has 0 unspecified atom stereocenters. The van der Waals surface area contributed by atoms with Gasteiger partial charge in [0.15, 0.2) is 6.29 Å². The topological polar surface area (TPSA) is 59.1 Å². The summed E-state index contributed by atoms with van der Waals surface area (Å²) >= 11 is 0. The van der Waals surface area contributed by atoms with Crippen molar-refractivity contribution in [3.05, 3.63) is 30.1 Å². The summed E-state index contributed by atoms with van der Waals surface area (Å²) in [5.74, 6) is -0.219. The minimum absolute atomic E-state index is 0.214. The van der Waals surface area contributed by atoms with E-state index in [2.05, 4.69) is 10.3 Å². The minimum atomic E-state index is -0.219. The van der Waals surface area contributed by atoms with E-state index in [1.165, 1.54) is 6.20 Å². The molecule has 0 saturated carbocycles. The lowest BCUT2D eigenvalue weighted by molar-refractivity contribution is 0.0954. The third-order valence-electron chi connectivity index (χ3n) is 1.44. The zero-order valence-electron chi connectivity index (χ0n) is 6.99. The second-order valence-electron chi connectivity index (χ2n) is 2.39. The first-order valence-corrected chi connectivity index (χ1v) is 3.88. The molecule has 0 saturated heterocycles. The molecule has 1 heterocycles. The first-order valence-electron chi connectivity index (χ1n) is 3.88. The molecule has 1 aromatic heterocycles. The summed E-state index contributed by atoms with van der Waals surface area (Å²) in [4.78, 5) is 24.9. The van der Waals surface area contributed by atoms with Crippen molar-refractivity contribution in [2.75, 3.05) is 6.54 Å². The van der Waals surface area contributed by atoms with Gasteiger partial charge in [-0.05, 0) is 12.1 Å². The second-order valence-corrected chi connectivity index (χ2v) is 2.39. The summed E-state index contributed by atoms with van der Waals surface area (Å²) < 4.78 is 0. The van der Waals surface area contributed by atoms with Gasteiger partial charge in [0.25, 0.3) is 5.91 Å². The average molecular weight is 177 g/mol. The normalized spacial score (nSPS) is 9.23. The van der Waals surface area contributed by atoms with Crippen LogP contribution in [0.4, 0.5) is 0 Å². The molecule has 1 N–H and O–H groups in total. The average Bonchev–Trinajstić information content (AvgIpc) is 2.19. The standard InChI is InChI=1S/C9H9N2O2/c12-6-2-5-11-9(13)8-3-1-4-10-7-8/h1,3-4,7H,2,5H2,(H,11,13). The number of pyridine rings is 1. The van der Waals surface area contributed by atoms with Crippen LogP contribution in [0.2, 0.25) is 0 Å². The number of amides is 1. The molecule has 0 atom stereocenters. The molecule has 0 bridgehead atoms. The first-order chi connectivity index (χ1) is 6.34. The van der Waals surface area contributed by atoms with Crippen molar-refractivity contribution in [2.45, 2.75) is 6.42 Å². The lowest BCUT2D eigenvalue weighted by Gasteiger charge is -2.00. The lowest BCUT2D eigenvalue weighted by Crippen LogP contribution is -2.24. The monoisotopic (exact) mass is 177 g/mol. The largest absolute Gasteiger partial charge is 0.352 e. The molecule has 1 rings (SSSR count). The molecule has 1 radical (unpaired) electrons. The Bertz CT molecular complexity index is 285.